The first-order valence-corrected chi connectivity index (χ1v) is 8.02. The quantitative estimate of drug-likeness (QED) is 0.848. The number of hydrogen-bond donors (Lipinski definition) is 1. The summed E-state index contributed by atoms with van der Waals surface area (Å²) in [6, 6.07) is 7.55. The minimum Gasteiger partial charge on any atom is -0.497 e. The Hall–Kier alpha value is -1.80. The summed E-state index contributed by atoms with van der Waals surface area (Å²) in [7, 11) is 1.63. The Bertz CT molecular complexity index is 630. The number of nitrogens with zero attached hydrogens (tertiary/aromatic N) is 2. The summed E-state index contributed by atoms with van der Waals surface area (Å²) in [6.07, 6.45) is 0.727. The topological polar surface area (TPSA) is 73.3 Å². The Morgan fingerprint density at radius 1 is 1.38 bits per heavy atom. The van der Waals surface area contributed by atoms with Gasteiger partial charge in [-0.05, 0) is 24.3 Å². The number of aromatic nitrogens is 2. The molecule has 1 N–H and O–H groups in total. The van der Waals surface area contributed by atoms with E-state index in [9.17, 15) is 4.79 Å². The number of esters is 1. The van der Waals surface area contributed by atoms with E-state index in [0.29, 0.717) is 11.7 Å². The fourth-order valence-electron chi connectivity index (χ4n) is 1.81. The number of thioether (sulfide) groups is 1. The van der Waals surface area contributed by atoms with E-state index in [-0.39, 0.29) is 11.2 Å². The summed E-state index contributed by atoms with van der Waals surface area (Å²) in [4.78, 5) is 11.4. The first kappa shape index (κ1) is 14.2. The lowest BCUT2D eigenvalue weighted by Gasteiger charge is -2.03. The lowest BCUT2D eigenvalue weighted by Crippen LogP contribution is -2.08. The first-order valence-electron chi connectivity index (χ1n) is 6.32. The molecule has 2 heterocycles. The van der Waals surface area contributed by atoms with Crippen molar-refractivity contribution in [1.29, 1.82) is 0 Å². The Morgan fingerprint density at radius 3 is 2.86 bits per heavy atom. The molecule has 0 unspecified atom stereocenters. The van der Waals surface area contributed by atoms with Gasteiger partial charge in [-0.2, -0.15) is 0 Å². The van der Waals surface area contributed by atoms with Gasteiger partial charge in [0, 0.05) is 12.1 Å². The maximum absolute atomic E-state index is 11.4. The number of ether oxygens (including phenoxy) is 2. The molecule has 1 aromatic heterocycles. The molecule has 0 amide bonds. The van der Waals surface area contributed by atoms with E-state index < -0.39 is 0 Å². The standard InChI is InChI=1S/C13H13N3O3S2/c1-18-9-4-2-8(3-5-9)14-12-15-16-13(21-12)20-10-6-7-19-11(10)17/h2-5,10H,6-7H2,1H3,(H,14,15)/t10-/m1/s1. The maximum Gasteiger partial charge on any atom is 0.319 e. The molecule has 110 valence electrons. The molecule has 0 saturated carbocycles. The third-order valence-electron chi connectivity index (χ3n) is 2.88. The molecule has 21 heavy (non-hydrogen) atoms. The molecule has 0 bridgehead atoms. The zero-order valence-corrected chi connectivity index (χ0v) is 12.9. The number of rotatable bonds is 5. The molecule has 2 aromatic rings. The fraction of sp³-hybridized carbons (Fsp3) is 0.308. The Morgan fingerprint density at radius 2 is 2.19 bits per heavy atom. The van der Waals surface area contributed by atoms with Gasteiger partial charge in [0.05, 0.1) is 13.7 Å². The summed E-state index contributed by atoms with van der Waals surface area (Å²) < 4.78 is 10.8. The highest BCUT2D eigenvalue weighted by Gasteiger charge is 2.28. The summed E-state index contributed by atoms with van der Waals surface area (Å²) in [5, 5.41) is 11.9. The molecule has 1 atom stereocenters. The van der Waals surface area contributed by atoms with Gasteiger partial charge < -0.3 is 14.8 Å². The fourth-order valence-corrected chi connectivity index (χ4v) is 3.80. The molecule has 6 nitrogen and oxygen atoms in total. The Kier molecular flexibility index (Phi) is 4.26. The number of cyclic esters (lactones) is 1. The van der Waals surface area contributed by atoms with Crippen molar-refractivity contribution in [2.75, 3.05) is 19.0 Å². The Labute approximate surface area is 129 Å². The molecular formula is C13H13N3O3S2. The van der Waals surface area contributed by atoms with Gasteiger partial charge in [0.1, 0.15) is 11.0 Å². The van der Waals surface area contributed by atoms with Gasteiger partial charge in [-0.25, -0.2) is 0 Å². The van der Waals surface area contributed by atoms with Crippen LogP contribution in [0.2, 0.25) is 0 Å². The van der Waals surface area contributed by atoms with Crippen molar-refractivity contribution in [1.82, 2.24) is 10.2 Å². The summed E-state index contributed by atoms with van der Waals surface area (Å²) >= 11 is 2.82. The van der Waals surface area contributed by atoms with Crippen LogP contribution in [0.1, 0.15) is 6.42 Å². The predicted molar refractivity (Wildman–Crippen MR) is 81.4 cm³/mol. The van der Waals surface area contributed by atoms with Crippen LogP contribution in [0.15, 0.2) is 28.6 Å². The molecule has 0 spiro atoms. The van der Waals surface area contributed by atoms with Crippen molar-refractivity contribution < 1.29 is 14.3 Å². The van der Waals surface area contributed by atoms with Gasteiger partial charge in [-0.1, -0.05) is 23.1 Å². The van der Waals surface area contributed by atoms with Gasteiger partial charge in [0.2, 0.25) is 5.13 Å². The molecule has 1 fully saturated rings. The molecular weight excluding hydrogens is 310 g/mol. The number of nitrogens with one attached hydrogen (secondary N) is 1. The Balaban J connectivity index is 1.62. The van der Waals surface area contributed by atoms with Crippen molar-refractivity contribution in [3.05, 3.63) is 24.3 Å². The first-order chi connectivity index (χ1) is 10.2. The zero-order chi connectivity index (χ0) is 14.7. The van der Waals surface area contributed by atoms with Crippen LogP contribution in [0.4, 0.5) is 10.8 Å². The monoisotopic (exact) mass is 323 g/mol. The second-order valence-corrected chi connectivity index (χ2v) is 6.72. The minimum atomic E-state index is -0.167. The van der Waals surface area contributed by atoms with E-state index >= 15 is 0 Å². The third-order valence-corrected chi connectivity index (χ3v) is 5.05. The van der Waals surface area contributed by atoms with E-state index in [0.717, 1.165) is 22.2 Å². The second-order valence-electron chi connectivity index (χ2n) is 4.29. The largest absolute Gasteiger partial charge is 0.497 e. The average molecular weight is 323 g/mol. The van der Waals surface area contributed by atoms with Crippen LogP contribution in [0.25, 0.3) is 0 Å². The predicted octanol–water partition coefficient (Wildman–Crippen LogP) is 2.70. The summed E-state index contributed by atoms with van der Waals surface area (Å²) in [6.45, 7) is 0.492. The van der Waals surface area contributed by atoms with Crippen molar-refractivity contribution in [3.63, 3.8) is 0 Å². The smallest absolute Gasteiger partial charge is 0.319 e. The van der Waals surface area contributed by atoms with Crippen LogP contribution in [0.5, 0.6) is 5.75 Å². The van der Waals surface area contributed by atoms with Gasteiger partial charge in [-0.15, -0.1) is 10.2 Å². The van der Waals surface area contributed by atoms with Crippen LogP contribution in [-0.2, 0) is 9.53 Å². The van der Waals surface area contributed by atoms with Crippen molar-refractivity contribution in [2.45, 2.75) is 16.0 Å². The zero-order valence-electron chi connectivity index (χ0n) is 11.2. The molecule has 1 saturated heterocycles. The summed E-state index contributed by atoms with van der Waals surface area (Å²) in [5.41, 5.74) is 0.906. The van der Waals surface area contributed by atoms with Crippen LogP contribution in [0.3, 0.4) is 0 Å². The number of benzene rings is 1. The minimum absolute atomic E-state index is 0.160. The highest BCUT2D eigenvalue weighted by atomic mass is 32.2. The van der Waals surface area contributed by atoms with Crippen LogP contribution in [0, 0.1) is 0 Å². The van der Waals surface area contributed by atoms with Gasteiger partial charge in [0.25, 0.3) is 0 Å². The van der Waals surface area contributed by atoms with Crippen molar-refractivity contribution in [2.24, 2.45) is 0 Å². The number of anilines is 2. The van der Waals surface area contributed by atoms with Gasteiger partial charge in [0.15, 0.2) is 4.34 Å². The van der Waals surface area contributed by atoms with Crippen molar-refractivity contribution >= 4 is 39.9 Å². The average Bonchev–Trinajstić information content (AvgIpc) is 3.10. The number of hydrogen-bond acceptors (Lipinski definition) is 8. The van der Waals surface area contributed by atoms with E-state index in [1.54, 1.807) is 7.11 Å². The maximum atomic E-state index is 11.4. The number of carbonyl (C=O) groups excluding carboxylic acids is 1. The molecule has 3 rings (SSSR count). The van der Waals surface area contributed by atoms with E-state index in [2.05, 4.69) is 15.5 Å². The molecule has 1 aliphatic heterocycles. The molecule has 0 aliphatic carbocycles. The second kappa shape index (κ2) is 6.31. The lowest BCUT2D eigenvalue weighted by atomic mass is 10.3. The number of methoxy groups -OCH3 is 1. The van der Waals surface area contributed by atoms with Crippen LogP contribution < -0.4 is 10.1 Å². The third kappa shape index (κ3) is 3.45. The number of carbonyl (C=O) groups is 1. The molecule has 1 aromatic carbocycles. The van der Waals surface area contributed by atoms with Gasteiger partial charge in [-0.3, -0.25) is 4.79 Å². The SMILES string of the molecule is COc1ccc(Nc2nnc(S[C@@H]3CCOC3=O)s2)cc1. The van der Waals surface area contributed by atoms with Crippen molar-refractivity contribution in [3.8, 4) is 5.75 Å². The van der Waals surface area contributed by atoms with E-state index in [4.69, 9.17) is 9.47 Å². The lowest BCUT2D eigenvalue weighted by molar-refractivity contribution is -0.137. The van der Waals surface area contributed by atoms with E-state index in [1.807, 2.05) is 24.3 Å². The van der Waals surface area contributed by atoms with E-state index in [1.165, 1.54) is 23.1 Å². The molecule has 8 heteroatoms. The summed E-state index contributed by atoms with van der Waals surface area (Å²) in [5.74, 6) is 0.633. The van der Waals surface area contributed by atoms with Gasteiger partial charge >= 0.3 is 5.97 Å². The van der Waals surface area contributed by atoms with Crippen LogP contribution in [-0.4, -0.2) is 35.1 Å². The normalized spacial score (nSPS) is 17.6. The van der Waals surface area contributed by atoms with Crippen LogP contribution >= 0.6 is 23.1 Å². The highest BCUT2D eigenvalue weighted by molar-refractivity contribution is 8.02. The highest BCUT2D eigenvalue weighted by Crippen LogP contribution is 2.34. The molecule has 0 radical (unpaired) electrons. The molecule has 1 aliphatic rings.